The summed E-state index contributed by atoms with van der Waals surface area (Å²) in [5.41, 5.74) is 2.68. The largest absolute Gasteiger partial charge is 0.488 e. The van der Waals surface area contributed by atoms with Crippen LogP contribution < -0.4 is 10.1 Å². The zero-order valence-electron chi connectivity index (χ0n) is 10.0. The molecule has 94 valence electrons. The van der Waals surface area contributed by atoms with Gasteiger partial charge >= 0.3 is 0 Å². The van der Waals surface area contributed by atoms with E-state index in [1.54, 1.807) is 6.08 Å². The maximum Gasteiger partial charge on any atom is 0.133 e. The topological polar surface area (TPSA) is 21.3 Å². The van der Waals surface area contributed by atoms with Gasteiger partial charge in [-0.05, 0) is 39.7 Å². The average molecular weight is 319 g/mol. The van der Waals surface area contributed by atoms with Crippen molar-refractivity contribution in [1.82, 2.24) is 5.32 Å². The van der Waals surface area contributed by atoms with Crippen molar-refractivity contribution >= 4 is 27.5 Å². The molecule has 0 radical (unpaired) electrons. The van der Waals surface area contributed by atoms with Crippen LogP contribution in [-0.4, -0.2) is 12.6 Å². The molecule has 0 saturated heterocycles. The summed E-state index contributed by atoms with van der Waals surface area (Å²) < 4.78 is 6.48. The van der Waals surface area contributed by atoms with Gasteiger partial charge in [0.15, 0.2) is 0 Å². The van der Waals surface area contributed by atoms with Crippen LogP contribution >= 0.6 is 27.5 Å². The highest BCUT2D eigenvalue weighted by molar-refractivity contribution is 9.10. The Morgan fingerprint density at radius 3 is 2.82 bits per heavy atom. The van der Waals surface area contributed by atoms with Crippen LogP contribution in [-0.2, 0) is 6.54 Å². The van der Waals surface area contributed by atoms with Crippen LogP contribution in [0.1, 0.15) is 19.4 Å². The Balaban J connectivity index is 2.59. The van der Waals surface area contributed by atoms with E-state index in [0.29, 0.717) is 12.6 Å². The van der Waals surface area contributed by atoms with Gasteiger partial charge in [0.05, 0.1) is 4.47 Å². The van der Waals surface area contributed by atoms with Gasteiger partial charge in [-0.15, -0.1) is 0 Å². The monoisotopic (exact) mass is 317 g/mol. The molecule has 0 fully saturated rings. The lowest BCUT2D eigenvalue weighted by atomic mass is 10.2. The van der Waals surface area contributed by atoms with Crippen LogP contribution in [0.4, 0.5) is 0 Å². The van der Waals surface area contributed by atoms with Crippen molar-refractivity contribution in [3.05, 3.63) is 39.8 Å². The van der Waals surface area contributed by atoms with E-state index < -0.39 is 0 Å². The van der Waals surface area contributed by atoms with E-state index in [0.717, 1.165) is 16.8 Å². The number of benzene rings is 1. The molecule has 0 spiro atoms. The third-order valence-corrected chi connectivity index (χ3v) is 2.93. The second kappa shape index (κ2) is 7.75. The normalized spacial score (nSPS) is 11.4. The molecule has 0 unspecified atom stereocenters. The minimum atomic E-state index is 0.478. The number of halogens is 2. The molecule has 0 amide bonds. The van der Waals surface area contributed by atoms with Crippen molar-refractivity contribution < 1.29 is 4.74 Å². The minimum Gasteiger partial charge on any atom is -0.488 e. The summed E-state index contributed by atoms with van der Waals surface area (Å²) in [5, 5.41) is 3.37. The fourth-order valence-corrected chi connectivity index (χ4v) is 1.88. The minimum absolute atomic E-state index is 0.478. The molecule has 2 nitrogen and oxygen atoms in total. The third-order valence-electron chi connectivity index (χ3n) is 2.13. The van der Waals surface area contributed by atoms with Gasteiger partial charge in [0.2, 0.25) is 0 Å². The van der Waals surface area contributed by atoms with Gasteiger partial charge in [-0.3, -0.25) is 0 Å². The van der Waals surface area contributed by atoms with Crippen molar-refractivity contribution in [3.8, 4) is 5.75 Å². The van der Waals surface area contributed by atoms with E-state index in [9.17, 15) is 0 Å². The van der Waals surface area contributed by atoms with E-state index in [2.05, 4.69) is 47.2 Å². The molecule has 0 atom stereocenters. The van der Waals surface area contributed by atoms with Crippen molar-refractivity contribution in [2.75, 3.05) is 6.61 Å². The van der Waals surface area contributed by atoms with E-state index in [4.69, 9.17) is 16.3 Å². The molecule has 0 heterocycles. The molecule has 0 aliphatic heterocycles. The highest BCUT2D eigenvalue weighted by Crippen LogP contribution is 2.26. The van der Waals surface area contributed by atoms with Crippen LogP contribution in [0, 0.1) is 0 Å². The van der Waals surface area contributed by atoms with Crippen molar-refractivity contribution in [3.63, 3.8) is 0 Å². The van der Waals surface area contributed by atoms with Crippen LogP contribution in [0.2, 0.25) is 0 Å². The summed E-state index contributed by atoms with van der Waals surface area (Å²) in [6, 6.07) is 6.57. The number of ether oxygens (including phenoxy) is 1. The Hall–Kier alpha value is -0.510. The van der Waals surface area contributed by atoms with Crippen molar-refractivity contribution in [1.29, 1.82) is 0 Å². The second-order valence-corrected chi connectivity index (χ2v) is 5.08. The van der Waals surface area contributed by atoms with E-state index >= 15 is 0 Å². The Morgan fingerprint density at radius 1 is 1.47 bits per heavy atom. The first-order valence-corrected chi connectivity index (χ1v) is 6.76. The van der Waals surface area contributed by atoms with E-state index in [1.807, 2.05) is 6.07 Å². The predicted octanol–water partition coefficient (Wildman–Crippen LogP) is 4.08. The zero-order chi connectivity index (χ0) is 12.7. The molecular weight excluding hydrogens is 302 g/mol. The Bertz CT molecular complexity index is 380. The molecule has 4 heteroatoms. The first kappa shape index (κ1) is 14.6. The second-order valence-electron chi connectivity index (χ2n) is 3.97. The fraction of sp³-hybridized carbons (Fsp3) is 0.385. The molecule has 1 aromatic carbocycles. The molecule has 0 aliphatic carbocycles. The Labute approximate surface area is 116 Å². The molecule has 1 rings (SSSR count). The van der Waals surface area contributed by atoms with Crippen LogP contribution in [0.3, 0.4) is 0 Å². The summed E-state index contributed by atoms with van der Waals surface area (Å²) in [7, 11) is 0. The number of nitrogens with one attached hydrogen (secondary N) is 1. The van der Waals surface area contributed by atoms with Gasteiger partial charge in [0.25, 0.3) is 0 Å². The molecule has 1 N–H and O–H groups in total. The highest BCUT2D eigenvalue weighted by atomic mass is 79.9. The van der Waals surface area contributed by atoms with Gasteiger partial charge in [-0.2, -0.15) is 0 Å². The summed E-state index contributed by atoms with van der Waals surface area (Å²) in [5.74, 6) is 0.827. The van der Waals surface area contributed by atoms with E-state index in [-0.39, 0.29) is 0 Å². The first-order valence-electron chi connectivity index (χ1n) is 5.53. The molecule has 0 aromatic heterocycles. The lowest BCUT2D eigenvalue weighted by Gasteiger charge is -2.10. The van der Waals surface area contributed by atoms with Gasteiger partial charge < -0.3 is 10.1 Å². The smallest absolute Gasteiger partial charge is 0.133 e. The Morgan fingerprint density at radius 2 is 2.24 bits per heavy atom. The molecule has 0 bridgehead atoms. The summed E-state index contributed by atoms with van der Waals surface area (Å²) in [6.07, 6.45) is 1.75. The van der Waals surface area contributed by atoms with Crippen LogP contribution in [0.25, 0.3) is 0 Å². The Kier molecular flexibility index (Phi) is 6.63. The highest BCUT2D eigenvalue weighted by Gasteiger charge is 2.02. The molecule has 0 aliphatic rings. The van der Waals surface area contributed by atoms with Crippen LogP contribution in [0.5, 0.6) is 5.75 Å². The summed E-state index contributed by atoms with van der Waals surface area (Å²) >= 11 is 8.92. The third kappa shape index (κ3) is 5.57. The van der Waals surface area contributed by atoms with Crippen molar-refractivity contribution in [2.24, 2.45) is 0 Å². The van der Waals surface area contributed by atoms with E-state index in [1.165, 1.54) is 11.1 Å². The lowest BCUT2D eigenvalue weighted by Crippen LogP contribution is -2.21. The van der Waals surface area contributed by atoms with Crippen LogP contribution in [0.15, 0.2) is 34.3 Å². The maximum absolute atomic E-state index is 5.52. The first-order chi connectivity index (χ1) is 8.13. The maximum atomic E-state index is 5.52. The van der Waals surface area contributed by atoms with Gasteiger partial charge in [-0.25, -0.2) is 0 Å². The molecule has 0 saturated carbocycles. The number of hydrogen-bond acceptors (Lipinski definition) is 2. The van der Waals surface area contributed by atoms with Gasteiger partial charge in [0.1, 0.15) is 12.4 Å². The average Bonchev–Trinajstić information content (AvgIpc) is 2.29. The number of hydrogen-bond donors (Lipinski definition) is 1. The standard InChI is InChI=1S/C13H17BrClNO/c1-10(2)16-9-11-4-5-13(12(14)8-11)17-7-3-6-15/h3-6,8,10,16H,7,9H2,1-2H3. The summed E-state index contributed by atoms with van der Waals surface area (Å²) in [6.45, 7) is 5.60. The summed E-state index contributed by atoms with van der Waals surface area (Å²) in [4.78, 5) is 0. The quantitative estimate of drug-likeness (QED) is 0.853. The van der Waals surface area contributed by atoms with Crippen molar-refractivity contribution in [2.45, 2.75) is 26.4 Å². The lowest BCUT2D eigenvalue weighted by molar-refractivity contribution is 0.360. The molecule has 17 heavy (non-hydrogen) atoms. The molecular formula is C13H17BrClNO. The fourth-order valence-electron chi connectivity index (χ4n) is 1.27. The predicted molar refractivity (Wildman–Crippen MR) is 76.6 cm³/mol. The van der Waals surface area contributed by atoms with Gasteiger partial charge in [0, 0.05) is 18.1 Å². The van der Waals surface area contributed by atoms with Gasteiger partial charge in [-0.1, -0.05) is 31.5 Å². The number of rotatable bonds is 6. The SMILES string of the molecule is CC(C)NCc1ccc(OCC=CCl)c(Br)c1. The molecule has 1 aromatic rings. The zero-order valence-corrected chi connectivity index (χ0v) is 12.4.